The smallest absolute Gasteiger partial charge is 0.261 e. The van der Waals surface area contributed by atoms with Crippen LogP contribution >= 0.6 is 11.6 Å². The molecule has 13 nitrogen and oxygen atoms in total. The number of fused-ring (bicyclic) bond motifs is 3. The van der Waals surface area contributed by atoms with Crippen molar-refractivity contribution in [3.05, 3.63) is 111 Å². The van der Waals surface area contributed by atoms with Gasteiger partial charge in [0.2, 0.25) is 11.8 Å². The van der Waals surface area contributed by atoms with Crippen LogP contribution in [0.4, 0.5) is 5.69 Å². The number of anilines is 1. The molecule has 326 valence electrons. The lowest BCUT2D eigenvalue weighted by molar-refractivity contribution is -0.140. The first-order valence-corrected chi connectivity index (χ1v) is 22.5. The summed E-state index contributed by atoms with van der Waals surface area (Å²) in [6, 6.07) is 20.5. The van der Waals surface area contributed by atoms with Crippen LogP contribution in [0, 0.1) is 5.92 Å². The molecule has 0 unspecified atom stereocenters. The van der Waals surface area contributed by atoms with Crippen molar-refractivity contribution in [2.75, 3.05) is 64.7 Å². The minimum Gasteiger partial charge on any atom is -0.388 e. The molecule has 2 saturated heterocycles. The van der Waals surface area contributed by atoms with E-state index in [1.54, 1.807) is 24.3 Å². The number of carbonyl (C=O) groups excluding carboxylic acids is 3. The number of aryl methyl sites for hydroxylation is 1. The zero-order valence-corrected chi connectivity index (χ0v) is 36.3. The highest BCUT2D eigenvalue weighted by atomic mass is 35.5. The summed E-state index contributed by atoms with van der Waals surface area (Å²) in [5.74, 6) is -0.559. The summed E-state index contributed by atoms with van der Waals surface area (Å²) >= 11 is 6.76. The Bertz CT molecular complexity index is 2480. The molecule has 8 rings (SSSR count). The lowest BCUT2D eigenvalue weighted by Crippen LogP contribution is -2.51. The number of halogens is 1. The van der Waals surface area contributed by atoms with Gasteiger partial charge in [-0.1, -0.05) is 48.0 Å². The number of likely N-dealkylation sites (N-methyl/N-ethyl adjacent to an activating group) is 1. The number of rotatable bonds is 14. The van der Waals surface area contributed by atoms with Crippen molar-refractivity contribution in [3.63, 3.8) is 0 Å². The van der Waals surface area contributed by atoms with E-state index in [1.807, 2.05) is 47.4 Å². The van der Waals surface area contributed by atoms with Gasteiger partial charge in [0.15, 0.2) is 0 Å². The number of hydrogen-bond acceptors (Lipinski definition) is 9. The van der Waals surface area contributed by atoms with Gasteiger partial charge in [-0.25, -0.2) is 4.98 Å². The fraction of sp³-hybridized carbons (Fsp3) is 0.458. The number of amides is 3. The second kappa shape index (κ2) is 19.5. The molecule has 3 N–H and O–H groups in total. The quantitative estimate of drug-likeness (QED) is 0.123. The van der Waals surface area contributed by atoms with E-state index in [1.165, 1.54) is 10.9 Å². The van der Waals surface area contributed by atoms with Crippen LogP contribution in [0.1, 0.15) is 72.1 Å². The molecule has 4 heterocycles. The Kier molecular flexibility index (Phi) is 13.6. The number of carbonyl (C=O) groups is 3. The van der Waals surface area contributed by atoms with Gasteiger partial charge in [-0.15, -0.1) is 0 Å². The highest BCUT2D eigenvalue weighted by Crippen LogP contribution is 2.33. The largest absolute Gasteiger partial charge is 0.388 e. The Hall–Kier alpha value is -5.21. The van der Waals surface area contributed by atoms with E-state index in [4.69, 9.17) is 16.6 Å². The number of pyridine rings is 1. The zero-order valence-electron chi connectivity index (χ0n) is 35.6. The predicted molar refractivity (Wildman–Crippen MR) is 243 cm³/mol. The standard InChI is InChI=1S/C48H57ClN8O5/c1-54-24-26-55(27-25-54)21-17-43(58)52-36-14-16-39-41(30-36)51-32-57(47(39)61)31-48(62)18-22-56(23-19-48)46(60)35(28-33-8-3-2-4-9-33)10-7-20-50-45(59)34-13-15-38-42(29-34)53-40-12-6-5-11-37(40)44(38)49/h2-4,8-9,13-16,29-30,32,35,62H,5-7,10-12,17-28,31H2,1H3,(H,50,59)(H,52,58)/t35-/m0/s1. The molecule has 1 atom stereocenters. The number of aliphatic hydroxyl groups is 1. The number of hydrogen-bond donors (Lipinski definition) is 3. The van der Waals surface area contributed by atoms with Gasteiger partial charge >= 0.3 is 0 Å². The maximum atomic E-state index is 14.1. The number of aromatic nitrogens is 3. The van der Waals surface area contributed by atoms with E-state index in [0.29, 0.717) is 86.9 Å². The van der Waals surface area contributed by atoms with E-state index < -0.39 is 5.60 Å². The van der Waals surface area contributed by atoms with E-state index in [0.717, 1.165) is 84.6 Å². The van der Waals surface area contributed by atoms with Gasteiger partial charge in [-0.2, -0.15) is 0 Å². The predicted octanol–water partition coefficient (Wildman–Crippen LogP) is 5.48. The van der Waals surface area contributed by atoms with Crippen LogP contribution in [-0.2, 0) is 35.4 Å². The molecule has 0 radical (unpaired) electrons. The summed E-state index contributed by atoms with van der Waals surface area (Å²) in [5, 5.41) is 19.7. The van der Waals surface area contributed by atoms with E-state index in [2.05, 4.69) is 32.5 Å². The van der Waals surface area contributed by atoms with E-state index >= 15 is 0 Å². The maximum absolute atomic E-state index is 14.1. The molecular formula is C48H57ClN8O5. The molecule has 1 aliphatic carbocycles. The average molecular weight is 861 g/mol. The molecule has 2 fully saturated rings. The van der Waals surface area contributed by atoms with Crippen molar-refractivity contribution >= 4 is 56.8 Å². The topological polar surface area (TPSA) is 153 Å². The van der Waals surface area contributed by atoms with Gasteiger partial charge in [-0.05, 0) is 106 Å². The number of piperazine rings is 1. The molecule has 3 aliphatic rings. The summed E-state index contributed by atoms with van der Waals surface area (Å²) in [7, 11) is 2.10. The third kappa shape index (κ3) is 10.3. The lowest BCUT2D eigenvalue weighted by Gasteiger charge is -2.39. The van der Waals surface area contributed by atoms with Crippen LogP contribution in [0.25, 0.3) is 21.8 Å². The van der Waals surface area contributed by atoms with Crippen LogP contribution in [0.15, 0.2) is 77.9 Å². The Labute approximate surface area is 367 Å². The number of nitrogens with zero attached hydrogens (tertiary/aromatic N) is 6. The van der Waals surface area contributed by atoms with Crippen LogP contribution in [-0.4, -0.2) is 117 Å². The molecule has 0 bridgehead atoms. The van der Waals surface area contributed by atoms with E-state index in [9.17, 15) is 24.3 Å². The fourth-order valence-corrected chi connectivity index (χ4v) is 9.52. The van der Waals surface area contributed by atoms with Crippen LogP contribution in [0.3, 0.4) is 0 Å². The average Bonchev–Trinajstić information content (AvgIpc) is 3.28. The molecule has 62 heavy (non-hydrogen) atoms. The van der Waals surface area contributed by atoms with Crippen molar-refractivity contribution in [2.24, 2.45) is 5.92 Å². The molecular weight excluding hydrogens is 804 g/mol. The number of likely N-dealkylation sites (tertiary alicyclic amines) is 1. The van der Waals surface area contributed by atoms with Crippen LogP contribution in [0.2, 0.25) is 5.02 Å². The molecule has 0 saturated carbocycles. The summed E-state index contributed by atoms with van der Waals surface area (Å²) in [4.78, 5) is 69.5. The Balaban J connectivity index is 0.845. The molecule has 2 aromatic heterocycles. The van der Waals surface area contributed by atoms with Crippen LogP contribution < -0.4 is 16.2 Å². The minimum atomic E-state index is -1.20. The molecule has 0 spiro atoms. The van der Waals surface area contributed by atoms with Crippen molar-refractivity contribution in [1.29, 1.82) is 0 Å². The minimum absolute atomic E-state index is 0.0230. The molecule has 3 aromatic carbocycles. The first-order chi connectivity index (χ1) is 30.0. The highest BCUT2D eigenvalue weighted by molar-refractivity contribution is 6.36. The van der Waals surface area contributed by atoms with Gasteiger partial charge in [0, 0.05) is 87.0 Å². The highest BCUT2D eigenvalue weighted by Gasteiger charge is 2.36. The zero-order chi connectivity index (χ0) is 43.2. The first kappa shape index (κ1) is 43.4. The molecule has 5 aromatic rings. The summed E-state index contributed by atoms with van der Waals surface area (Å²) in [5.41, 5.74) is 4.06. The van der Waals surface area contributed by atoms with Crippen molar-refractivity contribution in [3.8, 4) is 0 Å². The number of nitrogens with one attached hydrogen (secondary N) is 2. The van der Waals surface area contributed by atoms with Gasteiger partial charge in [0.05, 0.1) is 39.9 Å². The van der Waals surface area contributed by atoms with Gasteiger partial charge in [0.1, 0.15) is 0 Å². The monoisotopic (exact) mass is 860 g/mol. The third-order valence-corrected chi connectivity index (χ3v) is 13.4. The summed E-state index contributed by atoms with van der Waals surface area (Å²) in [6.45, 7) is 5.77. The van der Waals surface area contributed by atoms with Crippen molar-refractivity contribution in [2.45, 2.75) is 76.4 Å². The van der Waals surface area contributed by atoms with Crippen LogP contribution in [0.5, 0.6) is 0 Å². The summed E-state index contributed by atoms with van der Waals surface area (Å²) in [6.07, 6.45) is 8.25. The number of piperidine rings is 1. The third-order valence-electron chi connectivity index (χ3n) is 13.0. The first-order valence-electron chi connectivity index (χ1n) is 22.2. The Morgan fingerprint density at radius 1 is 0.903 bits per heavy atom. The fourth-order valence-electron chi connectivity index (χ4n) is 9.15. The maximum Gasteiger partial charge on any atom is 0.261 e. The molecule has 14 heteroatoms. The van der Waals surface area contributed by atoms with Gasteiger partial charge in [0.25, 0.3) is 11.5 Å². The second-order valence-corrected chi connectivity index (χ2v) is 17.9. The Morgan fingerprint density at radius 3 is 2.45 bits per heavy atom. The molecule has 2 aliphatic heterocycles. The van der Waals surface area contributed by atoms with E-state index in [-0.39, 0.29) is 35.7 Å². The van der Waals surface area contributed by atoms with Crippen molar-refractivity contribution in [1.82, 2.24) is 34.6 Å². The van der Waals surface area contributed by atoms with Crippen molar-refractivity contribution < 1.29 is 19.5 Å². The molecule has 3 amide bonds. The second-order valence-electron chi connectivity index (χ2n) is 17.5. The van der Waals surface area contributed by atoms with Gasteiger partial charge in [-0.3, -0.25) is 28.7 Å². The lowest BCUT2D eigenvalue weighted by atomic mass is 9.88. The SMILES string of the molecule is CN1CCN(CCC(=O)Nc2ccc3c(=O)n(CC4(O)CCN(C(=O)[C@@H](CCCNC(=O)c5ccc6c(Cl)c7c(nc6c5)CCCC7)Cc5ccccc5)CC4)cnc3c2)CC1. The van der Waals surface area contributed by atoms with Gasteiger partial charge < -0.3 is 30.4 Å². The Morgan fingerprint density at radius 2 is 1.66 bits per heavy atom. The number of benzene rings is 3. The normalized spacial score (nSPS) is 17.4. The summed E-state index contributed by atoms with van der Waals surface area (Å²) < 4.78 is 1.44.